The first-order valence-electron chi connectivity index (χ1n) is 7.28. The number of halogens is 1. The molecule has 108 valence electrons. The molecule has 2 aliphatic carbocycles. The van der Waals surface area contributed by atoms with E-state index in [1.54, 1.807) is 19.1 Å². The second kappa shape index (κ2) is 5.17. The van der Waals surface area contributed by atoms with Crippen LogP contribution in [-0.2, 0) is 0 Å². The van der Waals surface area contributed by atoms with Crippen LogP contribution < -0.4 is 5.32 Å². The van der Waals surface area contributed by atoms with Crippen molar-refractivity contribution < 1.29 is 14.3 Å². The normalized spacial score (nSPS) is 31.6. The molecule has 1 aromatic rings. The molecule has 0 unspecified atom stereocenters. The number of rotatable bonds is 3. The Morgan fingerprint density at radius 2 is 2.15 bits per heavy atom. The van der Waals surface area contributed by atoms with Crippen molar-refractivity contribution in [3.63, 3.8) is 0 Å². The molecule has 0 aliphatic heterocycles. The van der Waals surface area contributed by atoms with Gasteiger partial charge in [0.15, 0.2) is 0 Å². The molecule has 3 rings (SSSR count). The fourth-order valence-electron chi connectivity index (χ4n) is 3.95. The predicted octanol–water partition coefficient (Wildman–Crippen LogP) is 2.27. The maximum atomic E-state index is 14.0. The van der Waals surface area contributed by atoms with Crippen molar-refractivity contribution in [1.29, 1.82) is 0 Å². The fraction of sp³-hybridized carbons (Fsp3) is 0.562. The fourth-order valence-corrected chi connectivity index (χ4v) is 3.95. The van der Waals surface area contributed by atoms with E-state index in [0.29, 0.717) is 17.4 Å². The van der Waals surface area contributed by atoms with Gasteiger partial charge in [0.05, 0.1) is 5.56 Å². The molecular formula is C16H20FNO2. The van der Waals surface area contributed by atoms with E-state index in [0.717, 1.165) is 19.3 Å². The zero-order valence-corrected chi connectivity index (χ0v) is 11.6. The van der Waals surface area contributed by atoms with Gasteiger partial charge in [-0.05, 0) is 49.7 Å². The van der Waals surface area contributed by atoms with Crippen LogP contribution in [0.2, 0.25) is 0 Å². The molecule has 20 heavy (non-hydrogen) atoms. The number of fused-ring (bicyclic) bond motifs is 2. The zero-order chi connectivity index (χ0) is 14.3. The minimum atomic E-state index is -0.450. The van der Waals surface area contributed by atoms with Crippen molar-refractivity contribution >= 4 is 5.91 Å². The summed E-state index contributed by atoms with van der Waals surface area (Å²) >= 11 is 0. The number of aliphatic hydroxyl groups excluding tert-OH is 1. The molecule has 0 aromatic heterocycles. The molecule has 0 saturated heterocycles. The number of hydrogen-bond donors (Lipinski definition) is 2. The molecule has 2 aliphatic rings. The van der Waals surface area contributed by atoms with Gasteiger partial charge in [0.25, 0.3) is 5.91 Å². The number of nitrogens with one attached hydrogen (secondary N) is 1. The van der Waals surface area contributed by atoms with E-state index in [9.17, 15) is 14.3 Å². The number of aliphatic hydroxyl groups is 1. The number of aryl methyl sites for hydroxylation is 1. The Kier molecular flexibility index (Phi) is 3.50. The molecule has 4 heteroatoms. The molecule has 2 fully saturated rings. The molecule has 2 saturated carbocycles. The predicted molar refractivity (Wildman–Crippen MR) is 73.8 cm³/mol. The van der Waals surface area contributed by atoms with E-state index in [2.05, 4.69) is 5.32 Å². The van der Waals surface area contributed by atoms with Gasteiger partial charge < -0.3 is 10.4 Å². The minimum absolute atomic E-state index is 0.00818. The highest BCUT2D eigenvalue weighted by atomic mass is 19.1. The first kappa shape index (κ1) is 13.6. The largest absolute Gasteiger partial charge is 0.396 e. The molecule has 4 atom stereocenters. The van der Waals surface area contributed by atoms with Crippen molar-refractivity contribution in [2.75, 3.05) is 6.61 Å². The summed E-state index contributed by atoms with van der Waals surface area (Å²) in [4.78, 5) is 12.3. The van der Waals surface area contributed by atoms with Crippen LogP contribution in [0.15, 0.2) is 18.2 Å². The van der Waals surface area contributed by atoms with Crippen LogP contribution in [0.4, 0.5) is 4.39 Å². The maximum Gasteiger partial charge on any atom is 0.254 e. The SMILES string of the molecule is Cc1cccc(C(=O)N[C@H]2[C@H]3CC[C@@H](C3)[C@H]2CO)c1F. The van der Waals surface area contributed by atoms with Crippen LogP contribution in [0.1, 0.15) is 35.2 Å². The second-order valence-corrected chi connectivity index (χ2v) is 6.12. The first-order valence-corrected chi connectivity index (χ1v) is 7.28. The molecule has 2 N–H and O–H groups in total. The maximum absolute atomic E-state index is 14.0. The average Bonchev–Trinajstić information content (AvgIpc) is 3.02. The highest BCUT2D eigenvalue weighted by molar-refractivity contribution is 5.95. The number of hydrogen-bond acceptors (Lipinski definition) is 2. The van der Waals surface area contributed by atoms with Crippen molar-refractivity contribution in [2.24, 2.45) is 17.8 Å². The lowest BCUT2D eigenvalue weighted by Gasteiger charge is -2.30. The third kappa shape index (κ3) is 2.12. The molecule has 2 bridgehead atoms. The van der Waals surface area contributed by atoms with Gasteiger partial charge in [0.2, 0.25) is 0 Å². The summed E-state index contributed by atoms with van der Waals surface area (Å²) < 4.78 is 14.0. The Morgan fingerprint density at radius 1 is 1.40 bits per heavy atom. The van der Waals surface area contributed by atoms with E-state index < -0.39 is 5.82 Å². The number of carbonyl (C=O) groups is 1. The highest BCUT2D eigenvalue weighted by Crippen LogP contribution is 2.48. The lowest BCUT2D eigenvalue weighted by atomic mass is 9.85. The number of benzene rings is 1. The third-order valence-electron chi connectivity index (χ3n) is 5.03. The van der Waals surface area contributed by atoms with Gasteiger partial charge in [-0.25, -0.2) is 4.39 Å². The van der Waals surface area contributed by atoms with Gasteiger partial charge in [0, 0.05) is 18.6 Å². The summed E-state index contributed by atoms with van der Waals surface area (Å²) in [7, 11) is 0. The van der Waals surface area contributed by atoms with Gasteiger partial charge in [-0.1, -0.05) is 12.1 Å². The lowest BCUT2D eigenvalue weighted by molar-refractivity contribution is 0.0857. The van der Waals surface area contributed by atoms with E-state index in [1.165, 1.54) is 6.07 Å². The van der Waals surface area contributed by atoms with Crippen LogP contribution in [-0.4, -0.2) is 23.7 Å². The lowest BCUT2D eigenvalue weighted by Crippen LogP contribution is -2.45. The van der Waals surface area contributed by atoms with E-state index in [4.69, 9.17) is 0 Å². The van der Waals surface area contributed by atoms with Gasteiger partial charge in [-0.3, -0.25) is 4.79 Å². The van der Waals surface area contributed by atoms with Gasteiger partial charge >= 0.3 is 0 Å². The Balaban J connectivity index is 1.77. The summed E-state index contributed by atoms with van der Waals surface area (Å²) in [6.45, 7) is 1.75. The topological polar surface area (TPSA) is 49.3 Å². The number of amides is 1. The molecule has 0 heterocycles. The monoisotopic (exact) mass is 277 g/mol. The van der Waals surface area contributed by atoms with E-state index >= 15 is 0 Å². The van der Waals surface area contributed by atoms with E-state index in [-0.39, 0.29) is 30.0 Å². The van der Waals surface area contributed by atoms with Crippen molar-refractivity contribution in [1.82, 2.24) is 5.32 Å². The second-order valence-electron chi connectivity index (χ2n) is 6.12. The summed E-state index contributed by atoms with van der Waals surface area (Å²) in [6, 6.07) is 4.85. The van der Waals surface area contributed by atoms with Crippen molar-refractivity contribution in [2.45, 2.75) is 32.2 Å². The average molecular weight is 277 g/mol. The van der Waals surface area contributed by atoms with Crippen LogP contribution >= 0.6 is 0 Å². The van der Waals surface area contributed by atoms with Crippen molar-refractivity contribution in [3.8, 4) is 0 Å². The molecule has 3 nitrogen and oxygen atoms in total. The Morgan fingerprint density at radius 3 is 2.90 bits per heavy atom. The number of carbonyl (C=O) groups excluding carboxylic acids is 1. The van der Waals surface area contributed by atoms with Crippen LogP contribution in [0.25, 0.3) is 0 Å². The first-order chi connectivity index (χ1) is 9.61. The third-order valence-corrected chi connectivity index (χ3v) is 5.03. The Labute approximate surface area is 118 Å². The molecule has 0 spiro atoms. The molecule has 1 aromatic carbocycles. The van der Waals surface area contributed by atoms with E-state index in [1.807, 2.05) is 0 Å². The van der Waals surface area contributed by atoms with Crippen LogP contribution in [0, 0.1) is 30.5 Å². The smallest absolute Gasteiger partial charge is 0.254 e. The molecular weight excluding hydrogens is 257 g/mol. The van der Waals surface area contributed by atoms with Gasteiger partial charge in [-0.2, -0.15) is 0 Å². The highest BCUT2D eigenvalue weighted by Gasteiger charge is 2.47. The Bertz CT molecular complexity index is 531. The van der Waals surface area contributed by atoms with Gasteiger partial charge in [0.1, 0.15) is 5.82 Å². The van der Waals surface area contributed by atoms with Gasteiger partial charge in [-0.15, -0.1) is 0 Å². The van der Waals surface area contributed by atoms with Crippen LogP contribution in [0.5, 0.6) is 0 Å². The van der Waals surface area contributed by atoms with Crippen molar-refractivity contribution in [3.05, 3.63) is 35.1 Å². The standard InChI is InChI=1S/C16H20FNO2/c1-9-3-2-4-12(14(9)17)16(20)18-15-11-6-5-10(7-11)13(15)8-19/h2-4,10-11,13,15,19H,5-8H2,1H3,(H,18,20)/t10-,11-,13+,15-/m0/s1. The summed E-state index contributed by atoms with van der Waals surface area (Å²) in [5, 5.41) is 12.5. The molecule has 0 radical (unpaired) electrons. The minimum Gasteiger partial charge on any atom is -0.396 e. The quantitative estimate of drug-likeness (QED) is 0.890. The molecule has 1 amide bonds. The Hall–Kier alpha value is -1.42. The zero-order valence-electron chi connectivity index (χ0n) is 11.6. The van der Waals surface area contributed by atoms with Crippen LogP contribution in [0.3, 0.4) is 0 Å². The summed E-state index contributed by atoms with van der Waals surface area (Å²) in [5.74, 6) is 0.271. The summed E-state index contributed by atoms with van der Waals surface area (Å²) in [6.07, 6.45) is 3.32. The summed E-state index contributed by atoms with van der Waals surface area (Å²) in [5.41, 5.74) is 0.578.